The molecule has 1 aromatic carbocycles. The fraction of sp³-hybridized carbons (Fsp3) is 0.182. The summed E-state index contributed by atoms with van der Waals surface area (Å²) in [6.07, 6.45) is -1.53. The Balaban J connectivity index is 0.00000180. The number of rotatable bonds is 2. The molecule has 0 bridgehead atoms. The number of nitrogens with zero attached hydrogens (tertiary/aromatic N) is 2. The molecule has 0 aliphatic carbocycles. The van der Waals surface area contributed by atoms with Gasteiger partial charge in [0.25, 0.3) is 0 Å². The Kier molecular flexibility index (Phi) is 5.48. The van der Waals surface area contributed by atoms with Gasteiger partial charge in [-0.2, -0.15) is 10.1 Å². The second kappa shape index (κ2) is 6.47. The van der Waals surface area contributed by atoms with Crippen LogP contribution in [-0.4, -0.2) is 30.4 Å². The van der Waals surface area contributed by atoms with Crippen molar-refractivity contribution in [1.82, 2.24) is 9.96 Å². The van der Waals surface area contributed by atoms with Crippen LogP contribution >= 0.6 is 0 Å². The quantitative estimate of drug-likeness (QED) is 0.500. The van der Waals surface area contributed by atoms with Crippen molar-refractivity contribution in [1.29, 1.82) is 5.26 Å². The Morgan fingerprint density at radius 2 is 2.11 bits per heavy atom. The van der Waals surface area contributed by atoms with Crippen molar-refractivity contribution >= 4 is 17.9 Å². The molecule has 1 saturated heterocycles. The molecule has 2 N–H and O–H groups in total. The van der Waals surface area contributed by atoms with Crippen LogP contribution in [0.3, 0.4) is 0 Å². The Morgan fingerprint density at radius 1 is 1.47 bits per heavy atom. The van der Waals surface area contributed by atoms with Gasteiger partial charge in [0.2, 0.25) is 0 Å². The Bertz CT molecular complexity index is 546. The van der Waals surface area contributed by atoms with Gasteiger partial charge >= 0.3 is 63.6 Å². The molecule has 19 heavy (non-hydrogen) atoms. The van der Waals surface area contributed by atoms with Crippen LogP contribution in [0.15, 0.2) is 24.3 Å². The standard InChI is InChI=1S/C11H9N3O4.K.H/c12-7-8-1-3-9(4-2-8)14(18-11(16)17)6-5-13-10(14)15;;/h1-4H,5-6H2,(H-,13,15,16,17);;/q;+1;-1/p+1. The first-order chi connectivity index (χ1) is 8.58. The van der Waals surface area contributed by atoms with E-state index in [1.165, 1.54) is 24.3 Å². The molecule has 0 saturated carbocycles. The van der Waals surface area contributed by atoms with Gasteiger partial charge in [0.05, 0.1) is 18.2 Å². The van der Waals surface area contributed by atoms with E-state index >= 15 is 0 Å². The Hall–Kier alpha value is -0.954. The molecule has 2 rings (SSSR count). The summed E-state index contributed by atoms with van der Waals surface area (Å²) < 4.78 is -0.749. The Morgan fingerprint density at radius 3 is 2.53 bits per heavy atom. The van der Waals surface area contributed by atoms with Gasteiger partial charge in [0.1, 0.15) is 0 Å². The molecule has 2 amide bonds. The third-order valence-corrected chi connectivity index (χ3v) is 2.68. The second-order valence-electron chi connectivity index (χ2n) is 3.71. The van der Waals surface area contributed by atoms with E-state index in [1.54, 1.807) is 0 Å². The number of hydrogen-bond acceptors (Lipinski definition) is 4. The van der Waals surface area contributed by atoms with E-state index in [4.69, 9.17) is 15.2 Å². The van der Waals surface area contributed by atoms with Crippen LogP contribution in [0.5, 0.6) is 0 Å². The van der Waals surface area contributed by atoms with Gasteiger partial charge in [-0.3, -0.25) is 5.32 Å². The van der Waals surface area contributed by atoms with Gasteiger partial charge in [-0.1, -0.05) is 0 Å². The largest absolute Gasteiger partial charge is 1.00 e. The summed E-state index contributed by atoms with van der Waals surface area (Å²) in [5, 5.41) is 20.0. The zero-order valence-electron chi connectivity index (χ0n) is 11.3. The summed E-state index contributed by atoms with van der Waals surface area (Å²) in [5.41, 5.74) is 0.790. The molecule has 8 heteroatoms. The smallest absolute Gasteiger partial charge is 1.00 e. The zero-order chi connectivity index (χ0) is 13.2. The first kappa shape index (κ1) is 16.1. The van der Waals surface area contributed by atoms with Crippen LogP contribution in [0.2, 0.25) is 0 Å². The first-order valence-electron chi connectivity index (χ1n) is 5.18. The van der Waals surface area contributed by atoms with Gasteiger partial charge in [0, 0.05) is 12.1 Å². The summed E-state index contributed by atoms with van der Waals surface area (Å²) in [4.78, 5) is 27.3. The van der Waals surface area contributed by atoms with E-state index in [0.717, 1.165) is 0 Å². The number of nitriles is 1. The number of amides is 2. The molecule has 94 valence electrons. The summed E-state index contributed by atoms with van der Waals surface area (Å²) in [7, 11) is 0. The molecule has 1 unspecified atom stereocenters. The molecule has 1 heterocycles. The molecule has 1 fully saturated rings. The van der Waals surface area contributed by atoms with E-state index in [9.17, 15) is 9.59 Å². The number of hydroxylamine groups is 2. The summed E-state index contributed by atoms with van der Waals surface area (Å²) in [6.45, 7) is 0.503. The topological polar surface area (TPSA) is 99.4 Å². The molecule has 0 radical (unpaired) electrons. The number of carbonyl (C=O) groups excluding carboxylic acids is 1. The number of urea groups is 1. The van der Waals surface area contributed by atoms with Gasteiger partial charge in [-0.25, -0.2) is 9.63 Å². The minimum absolute atomic E-state index is 0. The molecule has 7 nitrogen and oxygen atoms in total. The molecular formula is C11H11KN3O4+. The van der Waals surface area contributed by atoms with Gasteiger partial charge in [-0.15, -0.1) is 0 Å². The molecule has 0 aromatic heterocycles. The first-order valence-corrected chi connectivity index (χ1v) is 5.18. The summed E-state index contributed by atoms with van der Waals surface area (Å²) >= 11 is 0. The molecule has 1 aliphatic heterocycles. The average Bonchev–Trinajstić information content (AvgIpc) is 2.71. The predicted molar refractivity (Wildman–Crippen MR) is 61.4 cm³/mol. The number of carbonyl (C=O) groups is 2. The monoisotopic (exact) mass is 288 g/mol. The van der Waals surface area contributed by atoms with Crippen molar-refractivity contribution in [2.75, 3.05) is 13.1 Å². The van der Waals surface area contributed by atoms with Gasteiger partial charge in [0.15, 0.2) is 12.2 Å². The third-order valence-electron chi connectivity index (χ3n) is 2.68. The van der Waals surface area contributed by atoms with Crippen molar-refractivity contribution in [3.63, 3.8) is 0 Å². The maximum absolute atomic E-state index is 11.8. The number of hydrogen-bond donors (Lipinski definition) is 2. The molecule has 1 aliphatic rings. The second-order valence-corrected chi connectivity index (χ2v) is 3.71. The summed E-state index contributed by atoms with van der Waals surface area (Å²) in [6, 6.07) is 7.43. The number of carboxylic acid groups (broad SMARTS) is 1. The van der Waals surface area contributed by atoms with Crippen LogP contribution in [0.1, 0.15) is 6.99 Å². The number of benzene rings is 1. The average molecular weight is 288 g/mol. The molecular weight excluding hydrogens is 277 g/mol. The van der Waals surface area contributed by atoms with Crippen molar-refractivity contribution < 1.29 is 72.3 Å². The van der Waals surface area contributed by atoms with E-state index in [0.29, 0.717) is 17.8 Å². The van der Waals surface area contributed by atoms with Crippen molar-refractivity contribution in [3.8, 4) is 6.07 Å². The minimum atomic E-state index is -1.53. The normalized spacial score (nSPS) is 20.9. The summed E-state index contributed by atoms with van der Waals surface area (Å²) in [5.74, 6) is 0. The van der Waals surface area contributed by atoms with Crippen molar-refractivity contribution in [2.45, 2.75) is 0 Å². The van der Waals surface area contributed by atoms with Gasteiger partial charge in [-0.05, 0) is 16.8 Å². The van der Waals surface area contributed by atoms with Crippen molar-refractivity contribution in [3.05, 3.63) is 29.8 Å². The van der Waals surface area contributed by atoms with Crippen LogP contribution in [0.4, 0.5) is 15.3 Å². The van der Waals surface area contributed by atoms with Gasteiger partial charge < -0.3 is 6.53 Å². The van der Waals surface area contributed by atoms with E-state index in [2.05, 4.69) is 5.32 Å². The number of nitrogens with one attached hydrogen (secondary N) is 1. The molecule has 1 aromatic rings. The van der Waals surface area contributed by atoms with Crippen molar-refractivity contribution in [2.24, 2.45) is 0 Å². The fourth-order valence-electron chi connectivity index (χ4n) is 1.85. The fourth-order valence-corrected chi connectivity index (χ4v) is 1.85. The van der Waals surface area contributed by atoms with E-state index in [-0.39, 0.29) is 59.4 Å². The minimum Gasteiger partial charge on any atom is -1.00 e. The van der Waals surface area contributed by atoms with Crippen LogP contribution in [-0.2, 0) is 4.84 Å². The maximum Gasteiger partial charge on any atom is 1.00 e. The molecule has 1 atom stereocenters. The number of quaternary nitrogens is 1. The third kappa shape index (κ3) is 3.14. The predicted octanol–water partition coefficient (Wildman–Crippen LogP) is -1.69. The van der Waals surface area contributed by atoms with E-state index < -0.39 is 16.8 Å². The molecule has 0 spiro atoms. The van der Waals surface area contributed by atoms with E-state index in [1.807, 2.05) is 6.07 Å². The SMILES string of the molecule is N#Cc1ccc([N+]2(OC(=O)O)CCNC2=O)cc1.[H-].[K+]. The van der Waals surface area contributed by atoms with Crippen LogP contribution in [0, 0.1) is 11.3 Å². The zero-order valence-corrected chi connectivity index (χ0v) is 13.4. The Labute approximate surface area is 153 Å². The maximum atomic E-state index is 11.8. The van der Waals surface area contributed by atoms with Crippen LogP contribution < -0.4 is 61.3 Å². The van der Waals surface area contributed by atoms with Crippen LogP contribution in [0.25, 0.3) is 0 Å².